The third kappa shape index (κ3) is 8.23. The lowest BCUT2D eigenvalue weighted by atomic mass is 9.83. The van der Waals surface area contributed by atoms with Gasteiger partial charge in [0.1, 0.15) is 0 Å². The van der Waals surface area contributed by atoms with Crippen LogP contribution in [0.25, 0.3) is 0 Å². The van der Waals surface area contributed by atoms with Crippen molar-refractivity contribution >= 4 is 15.9 Å². The molecule has 0 aliphatic rings. The second-order valence-electron chi connectivity index (χ2n) is 5.21. The van der Waals surface area contributed by atoms with Crippen molar-refractivity contribution in [3.63, 3.8) is 0 Å². The summed E-state index contributed by atoms with van der Waals surface area (Å²) in [5, 5.41) is 0.988. The second-order valence-corrected chi connectivity index (χ2v) is 5.86. The van der Waals surface area contributed by atoms with Crippen molar-refractivity contribution < 1.29 is 9.47 Å². The molecule has 1 unspecified atom stereocenters. The predicted octanol–water partition coefficient (Wildman–Crippen LogP) is 3.49. The molecule has 0 N–H and O–H groups in total. The molecule has 0 aliphatic heterocycles. The summed E-state index contributed by atoms with van der Waals surface area (Å²) in [4.78, 5) is 0. The molecule has 0 aromatic rings. The molecule has 2 nitrogen and oxygen atoms in total. The first-order chi connectivity index (χ1) is 6.88. The van der Waals surface area contributed by atoms with Crippen LogP contribution in [-0.4, -0.2) is 31.3 Å². The lowest BCUT2D eigenvalue weighted by Gasteiger charge is -2.28. The Hall–Kier alpha value is 0.400. The molecule has 3 heteroatoms. The smallest absolute Gasteiger partial charge is 0.0703 e. The maximum atomic E-state index is 5.61. The summed E-state index contributed by atoms with van der Waals surface area (Å²) in [6.07, 6.45) is 0.295. The highest BCUT2D eigenvalue weighted by molar-refractivity contribution is 9.09. The number of hydrogen-bond acceptors (Lipinski definition) is 2. The van der Waals surface area contributed by atoms with Crippen LogP contribution in [0.2, 0.25) is 0 Å². The van der Waals surface area contributed by atoms with E-state index in [9.17, 15) is 0 Å². The minimum atomic E-state index is 0.294. The molecule has 0 bridgehead atoms. The van der Waals surface area contributed by atoms with E-state index in [1.54, 1.807) is 0 Å². The van der Waals surface area contributed by atoms with Crippen molar-refractivity contribution in [2.45, 2.75) is 40.7 Å². The number of hydrogen-bond donors (Lipinski definition) is 0. The Morgan fingerprint density at radius 1 is 1.13 bits per heavy atom. The van der Waals surface area contributed by atoms with E-state index >= 15 is 0 Å². The highest BCUT2D eigenvalue weighted by Gasteiger charge is 2.23. The maximum Gasteiger partial charge on any atom is 0.0703 e. The molecule has 0 fully saturated rings. The number of rotatable bonds is 7. The molecule has 0 amide bonds. The van der Waals surface area contributed by atoms with E-state index in [0.29, 0.717) is 30.7 Å². The van der Waals surface area contributed by atoms with E-state index in [1.807, 2.05) is 13.8 Å². The summed E-state index contributed by atoms with van der Waals surface area (Å²) in [6.45, 7) is 13.0. The Labute approximate surface area is 103 Å². The van der Waals surface area contributed by atoms with Crippen LogP contribution < -0.4 is 0 Å². The molecule has 1 atom stereocenters. The number of halogens is 1. The fourth-order valence-electron chi connectivity index (χ4n) is 1.09. The zero-order chi connectivity index (χ0) is 11.9. The molecule has 0 aromatic heterocycles. The predicted molar refractivity (Wildman–Crippen MR) is 68.6 cm³/mol. The summed E-state index contributed by atoms with van der Waals surface area (Å²) in [5.74, 6) is 0.552. The largest absolute Gasteiger partial charge is 0.379 e. The van der Waals surface area contributed by atoms with Gasteiger partial charge in [0.15, 0.2) is 0 Å². The van der Waals surface area contributed by atoms with Crippen LogP contribution in [0.15, 0.2) is 0 Å². The molecule has 0 saturated heterocycles. The third-order valence-corrected chi connectivity index (χ3v) is 3.19. The minimum Gasteiger partial charge on any atom is -0.379 e. The van der Waals surface area contributed by atoms with Gasteiger partial charge in [-0.15, -0.1) is 0 Å². The van der Waals surface area contributed by atoms with Crippen LogP contribution in [0.5, 0.6) is 0 Å². The Bertz CT molecular complexity index is 152. The number of alkyl halides is 1. The second kappa shape index (κ2) is 7.64. The topological polar surface area (TPSA) is 18.5 Å². The van der Waals surface area contributed by atoms with Crippen LogP contribution >= 0.6 is 15.9 Å². The van der Waals surface area contributed by atoms with Crippen molar-refractivity contribution in [1.29, 1.82) is 0 Å². The van der Waals surface area contributed by atoms with Gasteiger partial charge in [-0.2, -0.15) is 0 Å². The standard InChI is InChI=1S/C12H25BrO2/c1-10(2)15-7-6-14-9-11(8-13)12(3,4)5/h10-11H,6-9H2,1-5H3. The summed E-state index contributed by atoms with van der Waals surface area (Å²) in [6, 6.07) is 0. The van der Waals surface area contributed by atoms with Crippen molar-refractivity contribution in [3.05, 3.63) is 0 Å². The van der Waals surface area contributed by atoms with Gasteiger partial charge in [0.05, 0.1) is 25.9 Å². The van der Waals surface area contributed by atoms with E-state index in [0.717, 1.165) is 11.9 Å². The van der Waals surface area contributed by atoms with E-state index in [1.165, 1.54) is 0 Å². The van der Waals surface area contributed by atoms with Gasteiger partial charge >= 0.3 is 0 Å². The lowest BCUT2D eigenvalue weighted by Crippen LogP contribution is -2.27. The van der Waals surface area contributed by atoms with Crippen molar-refractivity contribution in [2.75, 3.05) is 25.2 Å². The summed E-state index contributed by atoms with van der Waals surface area (Å²) < 4.78 is 11.0. The molecule has 0 spiro atoms. The van der Waals surface area contributed by atoms with E-state index in [2.05, 4.69) is 36.7 Å². The van der Waals surface area contributed by atoms with Gasteiger partial charge < -0.3 is 9.47 Å². The average Bonchev–Trinajstić information content (AvgIpc) is 2.08. The van der Waals surface area contributed by atoms with E-state index < -0.39 is 0 Å². The average molecular weight is 281 g/mol. The monoisotopic (exact) mass is 280 g/mol. The Kier molecular flexibility index (Phi) is 7.84. The Morgan fingerprint density at radius 3 is 2.13 bits per heavy atom. The zero-order valence-corrected chi connectivity index (χ0v) is 12.3. The summed E-state index contributed by atoms with van der Waals surface area (Å²) >= 11 is 3.53. The zero-order valence-electron chi connectivity index (χ0n) is 10.7. The van der Waals surface area contributed by atoms with Crippen LogP contribution in [0, 0.1) is 11.3 Å². The normalized spacial score (nSPS) is 14.6. The molecule has 0 aliphatic carbocycles. The fourth-order valence-corrected chi connectivity index (χ4v) is 2.25. The Balaban J connectivity index is 3.56. The van der Waals surface area contributed by atoms with Gasteiger partial charge in [0.25, 0.3) is 0 Å². The van der Waals surface area contributed by atoms with Crippen LogP contribution in [0.4, 0.5) is 0 Å². The quantitative estimate of drug-likeness (QED) is 0.525. The van der Waals surface area contributed by atoms with Gasteiger partial charge in [-0.3, -0.25) is 0 Å². The minimum absolute atomic E-state index is 0.294. The molecule has 92 valence electrons. The molecule has 0 heterocycles. The fraction of sp³-hybridized carbons (Fsp3) is 1.00. The van der Waals surface area contributed by atoms with Crippen molar-refractivity contribution in [2.24, 2.45) is 11.3 Å². The van der Waals surface area contributed by atoms with Gasteiger partial charge in [-0.05, 0) is 25.2 Å². The highest BCUT2D eigenvalue weighted by atomic mass is 79.9. The Morgan fingerprint density at radius 2 is 1.73 bits per heavy atom. The first kappa shape index (κ1) is 15.4. The summed E-state index contributed by atoms with van der Waals surface area (Å²) in [7, 11) is 0. The first-order valence-electron chi connectivity index (χ1n) is 5.63. The molecule has 15 heavy (non-hydrogen) atoms. The first-order valence-corrected chi connectivity index (χ1v) is 6.75. The van der Waals surface area contributed by atoms with E-state index in [4.69, 9.17) is 9.47 Å². The SMILES string of the molecule is CC(C)OCCOCC(CBr)C(C)(C)C. The van der Waals surface area contributed by atoms with Gasteiger partial charge in [-0.25, -0.2) is 0 Å². The van der Waals surface area contributed by atoms with Crippen LogP contribution in [0.3, 0.4) is 0 Å². The molecule has 0 rings (SSSR count). The summed E-state index contributed by atoms with van der Waals surface area (Å²) in [5.41, 5.74) is 0.294. The molecular weight excluding hydrogens is 256 g/mol. The van der Waals surface area contributed by atoms with Gasteiger partial charge in [0.2, 0.25) is 0 Å². The maximum absolute atomic E-state index is 5.61. The molecule has 0 radical (unpaired) electrons. The van der Waals surface area contributed by atoms with E-state index in [-0.39, 0.29) is 0 Å². The van der Waals surface area contributed by atoms with Crippen molar-refractivity contribution in [3.8, 4) is 0 Å². The molecule has 0 saturated carbocycles. The van der Waals surface area contributed by atoms with Crippen molar-refractivity contribution in [1.82, 2.24) is 0 Å². The number of ether oxygens (including phenoxy) is 2. The highest BCUT2D eigenvalue weighted by Crippen LogP contribution is 2.27. The molecule has 0 aromatic carbocycles. The van der Waals surface area contributed by atoms with Crippen LogP contribution in [-0.2, 0) is 9.47 Å². The lowest BCUT2D eigenvalue weighted by molar-refractivity contribution is 0.000371. The van der Waals surface area contributed by atoms with Gasteiger partial charge in [0, 0.05) is 5.33 Å². The van der Waals surface area contributed by atoms with Gasteiger partial charge in [-0.1, -0.05) is 36.7 Å². The third-order valence-electron chi connectivity index (χ3n) is 2.41. The molecular formula is C12H25BrO2. The van der Waals surface area contributed by atoms with Crippen LogP contribution in [0.1, 0.15) is 34.6 Å².